The molecule has 0 fully saturated rings. The monoisotopic (exact) mass is 279 g/mol. The van der Waals surface area contributed by atoms with Gasteiger partial charge in [0.2, 0.25) is 0 Å². The van der Waals surface area contributed by atoms with E-state index in [0.29, 0.717) is 17.5 Å². The van der Waals surface area contributed by atoms with Crippen LogP contribution in [0.3, 0.4) is 0 Å². The maximum Gasteiger partial charge on any atom is 0.0483 e. The van der Waals surface area contributed by atoms with Crippen molar-refractivity contribution in [2.75, 3.05) is 6.54 Å². The lowest BCUT2D eigenvalue weighted by Gasteiger charge is -2.14. The Labute approximate surface area is 112 Å². The van der Waals surface area contributed by atoms with Crippen LogP contribution in [0.15, 0.2) is 18.2 Å². The lowest BCUT2D eigenvalue weighted by atomic mass is 10.1. The molecule has 0 spiro atoms. The summed E-state index contributed by atoms with van der Waals surface area (Å²) in [5.74, 6) is 0.462. The first kappa shape index (κ1) is 14.1. The minimum atomic E-state index is 0.137. The zero-order valence-electron chi connectivity index (χ0n) is 9.43. The van der Waals surface area contributed by atoms with Crippen molar-refractivity contribution in [2.45, 2.75) is 25.8 Å². The largest absolute Gasteiger partial charge is 0.311 e. The molecular formula is C12H16Cl3N. The molecule has 0 aliphatic heterocycles. The second-order valence-corrected chi connectivity index (χ2v) is 5.53. The summed E-state index contributed by atoms with van der Waals surface area (Å²) in [4.78, 5) is 0. The zero-order valence-corrected chi connectivity index (χ0v) is 11.7. The van der Waals surface area contributed by atoms with Gasteiger partial charge in [-0.3, -0.25) is 0 Å². The molecule has 1 N–H and O–H groups in total. The van der Waals surface area contributed by atoms with E-state index in [-0.39, 0.29) is 5.38 Å². The van der Waals surface area contributed by atoms with Crippen LogP contribution in [0.4, 0.5) is 0 Å². The van der Waals surface area contributed by atoms with E-state index in [1.165, 1.54) is 0 Å². The van der Waals surface area contributed by atoms with Gasteiger partial charge in [-0.15, -0.1) is 11.6 Å². The summed E-state index contributed by atoms with van der Waals surface area (Å²) in [6.45, 7) is 5.66. The molecule has 0 saturated heterocycles. The van der Waals surface area contributed by atoms with Gasteiger partial charge in [0.15, 0.2) is 0 Å². The van der Waals surface area contributed by atoms with Crippen molar-refractivity contribution in [3.05, 3.63) is 33.8 Å². The van der Waals surface area contributed by atoms with Crippen molar-refractivity contribution in [3.8, 4) is 0 Å². The highest BCUT2D eigenvalue weighted by molar-refractivity contribution is 6.33. The Kier molecular flexibility index (Phi) is 5.91. The highest BCUT2D eigenvalue weighted by Gasteiger charge is 2.09. The molecule has 1 aromatic carbocycles. The molecule has 0 heterocycles. The maximum atomic E-state index is 6.13. The van der Waals surface area contributed by atoms with Gasteiger partial charge in [-0.2, -0.15) is 0 Å². The van der Waals surface area contributed by atoms with Gasteiger partial charge in [-0.1, -0.05) is 37.0 Å². The van der Waals surface area contributed by atoms with Crippen LogP contribution in [0.25, 0.3) is 0 Å². The fourth-order valence-electron chi connectivity index (χ4n) is 1.26. The molecule has 0 bridgehead atoms. The van der Waals surface area contributed by atoms with E-state index in [2.05, 4.69) is 19.2 Å². The predicted molar refractivity (Wildman–Crippen MR) is 72.6 cm³/mol. The SMILES string of the molecule is CC(C)C(Cl)CNCc1cc(Cl)ccc1Cl. The minimum Gasteiger partial charge on any atom is -0.311 e. The highest BCUT2D eigenvalue weighted by atomic mass is 35.5. The molecule has 0 aliphatic carbocycles. The van der Waals surface area contributed by atoms with Crippen molar-refractivity contribution < 1.29 is 0 Å². The number of hydrogen-bond donors (Lipinski definition) is 1. The highest BCUT2D eigenvalue weighted by Crippen LogP contribution is 2.20. The van der Waals surface area contributed by atoms with Gasteiger partial charge < -0.3 is 5.32 Å². The molecule has 1 unspecified atom stereocenters. The molecule has 0 aliphatic rings. The van der Waals surface area contributed by atoms with Gasteiger partial charge in [0.05, 0.1) is 0 Å². The molecule has 4 heteroatoms. The zero-order chi connectivity index (χ0) is 12.1. The molecule has 90 valence electrons. The summed E-state index contributed by atoms with van der Waals surface area (Å²) in [7, 11) is 0. The summed E-state index contributed by atoms with van der Waals surface area (Å²) in [6, 6.07) is 5.46. The van der Waals surface area contributed by atoms with Crippen LogP contribution in [-0.2, 0) is 6.54 Å². The van der Waals surface area contributed by atoms with E-state index in [4.69, 9.17) is 34.8 Å². The van der Waals surface area contributed by atoms with Crippen molar-refractivity contribution in [1.29, 1.82) is 0 Å². The van der Waals surface area contributed by atoms with Gasteiger partial charge in [0.1, 0.15) is 0 Å². The second-order valence-electron chi connectivity index (χ2n) is 4.13. The number of hydrogen-bond acceptors (Lipinski definition) is 1. The Morgan fingerprint density at radius 3 is 2.56 bits per heavy atom. The molecule has 1 rings (SSSR count). The smallest absolute Gasteiger partial charge is 0.0483 e. The Morgan fingerprint density at radius 2 is 1.94 bits per heavy atom. The molecule has 16 heavy (non-hydrogen) atoms. The van der Waals surface area contributed by atoms with Crippen LogP contribution >= 0.6 is 34.8 Å². The third kappa shape index (κ3) is 4.50. The van der Waals surface area contributed by atoms with Gasteiger partial charge in [0, 0.05) is 28.5 Å². The predicted octanol–water partition coefficient (Wildman–Crippen LogP) is 4.35. The van der Waals surface area contributed by atoms with Crippen LogP contribution in [0.5, 0.6) is 0 Å². The fourth-order valence-corrected chi connectivity index (χ4v) is 1.75. The fraction of sp³-hybridized carbons (Fsp3) is 0.500. The van der Waals surface area contributed by atoms with Crippen LogP contribution in [0.2, 0.25) is 10.0 Å². The Morgan fingerprint density at radius 1 is 1.25 bits per heavy atom. The first-order chi connectivity index (χ1) is 7.50. The third-order valence-corrected chi connectivity index (χ3v) is 3.65. The molecule has 1 nitrogen and oxygen atoms in total. The number of halogens is 3. The number of nitrogens with one attached hydrogen (secondary N) is 1. The van der Waals surface area contributed by atoms with Crippen LogP contribution in [0.1, 0.15) is 19.4 Å². The lowest BCUT2D eigenvalue weighted by Crippen LogP contribution is -2.26. The van der Waals surface area contributed by atoms with Gasteiger partial charge in [0.25, 0.3) is 0 Å². The summed E-state index contributed by atoms with van der Waals surface area (Å²) < 4.78 is 0. The van der Waals surface area contributed by atoms with E-state index in [1.54, 1.807) is 6.07 Å². The Bertz CT molecular complexity index is 339. The van der Waals surface area contributed by atoms with Crippen LogP contribution in [-0.4, -0.2) is 11.9 Å². The molecule has 0 saturated carbocycles. The third-order valence-electron chi connectivity index (χ3n) is 2.39. The summed E-state index contributed by atoms with van der Waals surface area (Å²) in [5, 5.41) is 4.84. The summed E-state index contributed by atoms with van der Waals surface area (Å²) in [5.41, 5.74) is 1.00. The molecule has 0 amide bonds. The van der Waals surface area contributed by atoms with Crippen molar-refractivity contribution in [1.82, 2.24) is 5.32 Å². The standard InChI is InChI=1S/C12H16Cl3N/c1-8(2)12(15)7-16-6-9-5-10(13)3-4-11(9)14/h3-5,8,12,16H,6-7H2,1-2H3. The quantitative estimate of drug-likeness (QED) is 0.791. The van der Waals surface area contributed by atoms with E-state index in [9.17, 15) is 0 Å². The number of benzene rings is 1. The first-order valence-electron chi connectivity index (χ1n) is 5.29. The first-order valence-corrected chi connectivity index (χ1v) is 6.48. The van der Waals surface area contributed by atoms with E-state index in [1.807, 2.05) is 12.1 Å². The molecule has 0 aromatic heterocycles. The van der Waals surface area contributed by atoms with Crippen LogP contribution < -0.4 is 5.32 Å². The minimum absolute atomic E-state index is 0.137. The van der Waals surface area contributed by atoms with Crippen molar-refractivity contribution in [2.24, 2.45) is 5.92 Å². The Hall–Kier alpha value is 0.0500. The van der Waals surface area contributed by atoms with Gasteiger partial charge in [-0.25, -0.2) is 0 Å². The average Bonchev–Trinajstić information content (AvgIpc) is 2.22. The summed E-state index contributed by atoms with van der Waals surface area (Å²) in [6.07, 6.45) is 0. The van der Waals surface area contributed by atoms with Gasteiger partial charge in [-0.05, 0) is 29.7 Å². The van der Waals surface area contributed by atoms with Crippen molar-refractivity contribution >= 4 is 34.8 Å². The number of alkyl halides is 1. The summed E-state index contributed by atoms with van der Waals surface area (Å²) >= 11 is 18.1. The van der Waals surface area contributed by atoms with E-state index >= 15 is 0 Å². The average molecular weight is 281 g/mol. The molecule has 1 aromatic rings. The van der Waals surface area contributed by atoms with Crippen LogP contribution in [0, 0.1) is 5.92 Å². The molecule has 1 atom stereocenters. The van der Waals surface area contributed by atoms with E-state index in [0.717, 1.165) is 17.1 Å². The molecular weight excluding hydrogens is 264 g/mol. The van der Waals surface area contributed by atoms with Gasteiger partial charge >= 0.3 is 0 Å². The molecule has 0 radical (unpaired) electrons. The van der Waals surface area contributed by atoms with Crippen molar-refractivity contribution in [3.63, 3.8) is 0 Å². The Balaban J connectivity index is 2.45. The second kappa shape index (κ2) is 6.70. The lowest BCUT2D eigenvalue weighted by molar-refractivity contribution is 0.546. The number of rotatable bonds is 5. The normalized spacial score (nSPS) is 13.1. The maximum absolute atomic E-state index is 6.13. The van der Waals surface area contributed by atoms with E-state index < -0.39 is 0 Å². The topological polar surface area (TPSA) is 12.0 Å².